The van der Waals surface area contributed by atoms with E-state index in [1.807, 2.05) is 18.2 Å². The highest BCUT2D eigenvalue weighted by Crippen LogP contribution is 2.27. The molecular weight excluding hydrogens is 339 g/mol. The standard InChI is InChI=1S/C17H27BO4SSi/c1-17(2,3)15(22-24(4)5)8-9-21-13-7-6-12-10-16(18(19)20)23-14(12)11-13/h6-7,10-11,15,19-20,24H,8-9H2,1-5H3. The van der Waals surface area contributed by atoms with Gasteiger partial charge < -0.3 is 19.2 Å². The fourth-order valence-corrected chi connectivity index (χ4v) is 4.73. The van der Waals surface area contributed by atoms with Crippen LogP contribution in [0.25, 0.3) is 10.1 Å². The first-order chi connectivity index (χ1) is 11.2. The van der Waals surface area contributed by atoms with Crippen LogP contribution in [0.1, 0.15) is 27.2 Å². The van der Waals surface area contributed by atoms with Gasteiger partial charge in [0.1, 0.15) is 5.75 Å². The minimum atomic E-state index is -1.42. The van der Waals surface area contributed by atoms with Gasteiger partial charge in [-0.1, -0.05) is 20.8 Å². The van der Waals surface area contributed by atoms with E-state index in [1.165, 1.54) is 11.3 Å². The number of thiophene rings is 1. The average Bonchev–Trinajstić information content (AvgIpc) is 2.88. The van der Waals surface area contributed by atoms with Crippen LogP contribution in [0.5, 0.6) is 5.75 Å². The first kappa shape index (κ1) is 19.5. The van der Waals surface area contributed by atoms with Crippen LogP contribution in [0.4, 0.5) is 0 Å². The number of hydrogen-bond acceptors (Lipinski definition) is 5. The molecule has 1 atom stereocenters. The van der Waals surface area contributed by atoms with Crippen LogP contribution in [0.15, 0.2) is 24.3 Å². The molecule has 0 bridgehead atoms. The molecule has 0 saturated heterocycles. The minimum Gasteiger partial charge on any atom is -0.493 e. The molecular formula is C17H27BO4SSi. The molecule has 0 saturated carbocycles. The molecule has 1 unspecified atom stereocenters. The van der Waals surface area contributed by atoms with Crippen molar-refractivity contribution < 1.29 is 19.2 Å². The SMILES string of the molecule is C[SiH](C)OC(CCOc1ccc2cc(B(O)O)sc2c1)C(C)(C)C. The Morgan fingerprint density at radius 1 is 1.21 bits per heavy atom. The van der Waals surface area contributed by atoms with Crippen LogP contribution in [0.3, 0.4) is 0 Å². The molecule has 1 aromatic heterocycles. The van der Waals surface area contributed by atoms with E-state index in [2.05, 4.69) is 33.9 Å². The maximum absolute atomic E-state index is 9.27. The van der Waals surface area contributed by atoms with Crippen LogP contribution in [0, 0.1) is 5.41 Å². The van der Waals surface area contributed by atoms with E-state index in [0.29, 0.717) is 11.4 Å². The first-order valence-electron chi connectivity index (χ1n) is 8.34. The molecule has 0 aliphatic rings. The van der Waals surface area contributed by atoms with E-state index in [4.69, 9.17) is 9.16 Å². The van der Waals surface area contributed by atoms with E-state index >= 15 is 0 Å². The highest BCUT2D eigenvalue weighted by molar-refractivity contribution is 7.27. The molecule has 7 heteroatoms. The van der Waals surface area contributed by atoms with Gasteiger partial charge in [0.05, 0.1) is 12.7 Å². The maximum atomic E-state index is 9.27. The molecule has 1 aromatic carbocycles. The number of fused-ring (bicyclic) bond motifs is 1. The van der Waals surface area contributed by atoms with Gasteiger partial charge in [-0.25, -0.2) is 0 Å². The van der Waals surface area contributed by atoms with Gasteiger partial charge in [0, 0.05) is 15.9 Å². The Morgan fingerprint density at radius 3 is 2.50 bits per heavy atom. The summed E-state index contributed by atoms with van der Waals surface area (Å²) in [6.07, 6.45) is 1.06. The summed E-state index contributed by atoms with van der Waals surface area (Å²) in [5.41, 5.74) is 0.102. The molecule has 1 heterocycles. The highest BCUT2D eigenvalue weighted by Gasteiger charge is 2.26. The van der Waals surface area contributed by atoms with E-state index in [1.54, 1.807) is 6.07 Å². The Kier molecular flexibility index (Phi) is 6.50. The van der Waals surface area contributed by atoms with Gasteiger partial charge in [0.25, 0.3) is 0 Å². The highest BCUT2D eigenvalue weighted by atomic mass is 32.1. The Hall–Kier alpha value is -0.858. The Labute approximate surface area is 150 Å². The van der Waals surface area contributed by atoms with Crippen molar-refractivity contribution in [1.29, 1.82) is 0 Å². The van der Waals surface area contributed by atoms with Crippen molar-refractivity contribution in [3.05, 3.63) is 24.3 Å². The van der Waals surface area contributed by atoms with Crippen molar-refractivity contribution in [2.24, 2.45) is 5.41 Å². The molecule has 0 spiro atoms. The quantitative estimate of drug-likeness (QED) is 0.740. The number of hydrogen-bond donors (Lipinski definition) is 2. The molecule has 0 aliphatic carbocycles. The number of rotatable bonds is 7. The van der Waals surface area contributed by atoms with E-state index in [9.17, 15) is 10.0 Å². The Balaban J connectivity index is 1.99. The summed E-state index contributed by atoms with van der Waals surface area (Å²) >= 11 is 1.37. The van der Waals surface area contributed by atoms with Crippen LogP contribution < -0.4 is 9.51 Å². The summed E-state index contributed by atoms with van der Waals surface area (Å²) in [5, 5.41) is 19.5. The largest absolute Gasteiger partial charge is 0.499 e. The molecule has 24 heavy (non-hydrogen) atoms. The normalized spacial score (nSPS) is 13.5. The van der Waals surface area contributed by atoms with Crippen LogP contribution in [-0.4, -0.2) is 38.9 Å². The molecule has 2 aromatic rings. The van der Waals surface area contributed by atoms with E-state index < -0.39 is 16.2 Å². The van der Waals surface area contributed by atoms with Crippen molar-refractivity contribution in [2.75, 3.05) is 6.61 Å². The fourth-order valence-electron chi connectivity index (χ4n) is 2.57. The lowest BCUT2D eigenvalue weighted by Crippen LogP contribution is -2.34. The van der Waals surface area contributed by atoms with Gasteiger partial charge in [-0.2, -0.15) is 0 Å². The maximum Gasteiger partial charge on any atom is 0.499 e. The molecule has 0 amide bonds. The topological polar surface area (TPSA) is 58.9 Å². The number of ether oxygens (including phenoxy) is 1. The summed E-state index contributed by atoms with van der Waals surface area (Å²) < 4.78 is 13.6. The summed E-state index contributed by atoms with van der Waals surface area (Å²) in [4.78, 5) is 0. The van der Waals surface area contributed by atoms with Crippen molar-refractivity contribution in [3.63, 3.8) is 0 Å². The monoisotopic (exact) mass is 366 g/mol. The molecule has 2 N–H and O–H groups in total. The predicted octanol–water partition coefficient (Wildman–Crippen LogP) is 2.76. The van der Waals surface area contributed by atoms with Crippen molar-refractivity contribution in [1.82, 2.24) is 0 Å². The van der Waals surface area contributed by atoms with E-state index in [0.717, 1.165) is 22.3 Å². The zero-order valence-corrected chi connectivity index (χ0v) is 17.0. The van der Waals surface area contributed by atoms with Crippen molar-refractivity contribution in [2.45, 2.75) is 46.4 Å². The second-order valence-electron chi connectivity index (χ2n) is 7.40. The molecule has 132 valence electrons. The minimum absolute atomic E-state index is 0.102. The average molecular weight is 366 g/mol. The lowest BCUT2D eigenvalue weighted by Gasteiger charge is -2.32. The second-order valence-corrected chi connectivity index (χ2v) is 10.9. The third kappa shape index (κ3) is 5.32. The second kappa shape index (κ2) is 8.01. The smallest absolute Gasteiger partial charge is 0.493 e. The zero-order chi connectivity index (χ0) is 17.9. The molecule has 0 aliphatic heterocycles. The van der Waals surface area contributed by atoms with E-state index in [-0.39, 0.29) is 11.5 Å². The number of benzene rings is 1. The van der Waals surface area contributed by atoms with Crippen LogP contribution >= 0.6 is 11.3 Å². The summed E-state index contributed by atoms with van der Waals surface area (Å²) in [6, 6.07) is 7.62. The van der Waals surface area contributed by atoms with Gasteiger partial charge in [0.15, 0.2) is 9.04 Å². The van der Waals surface area contributed by atoms with Gasteiger partial charge >= 0.3 is 7.12 Å². The van der Waals surface area contributed by atoms with Gasteiger partial charge in [-0.05, 0) is 48.2 Å². The van der Waals surface area contributed by atoms with Gasteiger partial charge in [-0.3, -0.25) is 0 Å². The van der Waals surface area contributed by atoms with Crippen LogP contribution in [-0.2, 0) is 4.43 Å². The van der Waals surface area contributed by atoms with Crippen molar-refractivity contribution in [3.8, 4) is 5.75 Å². The van der Waals surface area contributed by atoms with Gasteiger partial charge in [0.2, 0.25) is 0 Å². The third-order valence-corrected chi connectivity index (χ3v) is 5.83. The fraction of sp³-hybridized carbons (Fsp3) is 0.529. The molecule has 0 fully saturated rings. The van der Waals surface area contributed by atoms with Gasteiger partial charge in [-0.15, -0.1) is 11.3 Å². The molecule has 4 nitrogen and oxygen atoms in total. The summed E-state index contributed by atoms with van der Waals surface area (Å²) in [7, 11) is -2.51. The summed E-state index contributed by atoms with van der Waals surface area (Å²) in [5.74, 6) is 0.804. The van der Waals surface area contributed by atoms with Crippen molar-refractivity contribution >= 4 is 42.4 Å². The lowest BCUT2D eigenvalue weighted by molar-refractivity contribution is 0.0646. The Morgan fingerprint density at radius 2 is 1.92 bits per heavy atom. The third-order valence-electron chi connectivity index (χ3n) is 3.82. The lowest BCUT2D eigenvalue weighted by atomic mass is 9.87. The first-order valence-corrected chi connectivity index (χ1v) is 11.9. The van der Waals surface area contributed by atoms with Crippen LogP contribution in [0.2, 0.25) is 13.1 Å². The molecule has 0 radical (unpaired) electrons. The molecule has 2 rings (SSSR count). The zero-order valence-electron chi connectivity index (χ0n) is 15.1. The summed E-state index contributed by atoms with van der Waals surface area (Å²) in [6.45, 7) is 11.6. The predicted molar refractivity (Wildman–Crippen MR) is 105 cm³/mol. The Bertz CT molecular complexity index is 666.